The number of nitrogens with zero attached hydrogens (tertiary/aromatic N) is 4. The number of fused-ring (bicyclic) bond motifs is 1. The Labute approximate surface area is 101 Å². The van der Waals surface area contributed by atoms with Crippen molar-refractivity contribution in [2.45, 2.75) is 25.7 Å². The molecule has 1 aliphatic carbocycles. The Balaban J connectivity index is 1.74. The molecule has 0 N–H and O–H groups in total. The molecule has 1 aromatic rings. The molecule has 1 saturated carbocycles. The van der Waals surface area contributed by atoms with Crippen molar-refractivity contribution in [1.29, 1.82) is 5.26 Å². The Morgan fingerprint density at radius 1 is 1.12 bits per heavy atom. The van der Waals surface area contributed by atoms with Gasteiger partial charge in [0.25, 0.3) is 0 Å². The highest BCUT2D eigenvalue weighted by molar-refractivity contribution is 5.40. The zero-order valence-electron chi connectivity index (χ0n) is 9.84. The Hall–Kier alpha value is -1.63. The molecule has 1 aliphatic heterocycles. The van der Waals surface area contributed by atoms with E-state index >= 15 is 0 Å². The Kier molecular flexibility index (Phi) is 2.68. The second-order valence-corrected chi connectivity index (χ2v) is 5.10. The predicted molar refractivity (Wildman–Crippen MR) is 64.4 cm³/mol. The van der Waals surface area contributed by atoms with Gasteiger partial charge in [0.15, 0.2) is 11.5 Å². The minimum absolute atomic E-state index is 0.394. The van der Waals surface area contributed by atoms with Gasteiger partial charge in [-0.25, -0.2) is 0 Å². The average molecular weight is 228 g/mol. The van der Waals surface area contributed by atoms with Crippen LogP contribution in [0.2, 0.25) is 0 Å². The summed E-state index contributed by atoms with van der Waals surface area (Å²) in [5, 5.41) is 16.7. The summed E-state index contributed by atoms with van der Waals surface area (Å²) < 4.78 is 0. The van der Waals surface area contributed by atoms with Crippen molar-refractivity contribution in [3.63, 3.8) is 0 Å². The molecule has 0 aromatic carbocycles. The topological polar surface area (TPSA) is 52.8 Å². The van der Waals surface area contributed by atoms with Crippen molar-refractivity contribution in [1.82, 2.24) is 10.2 Å². The molecule has 2 unspecified atom stereocenters. The maximum atomic E-state index is 8.70. The quantitative estimate of drug-likeness (QED) is 0.737. The van der Waals surface area contributed by atoms with Crippen LogP contribution in [0.5, 0.6) is 0 Å². The van der Waals surface area contributed by atoms with Crippen LogP contribution in [0.15, 0.2) is 12.1 Å². The third-order valence-corrected chi connectivity index (χ3v) is 4.07. The van der Waals surface area contributed by atoms with Crippen LogP contribution in [0.4, 0.5) is 5.82 Å². The van der Waals surface area contributed by atoms with Crippen molar-refractivity contribution >= 4 is 5.82 Å². The van der Waals surface area contributed by atoms with Crippen LogP contribution in [0.1, 0.15) is 31.4 Å². The van der Waals surface area contributed by atoms with Crippen LogP contribution < -0.4 is 4.90 Å². The second kappa shape index (κ2) is 4.33. The normalized spacial score (nSPS) is 27.6. The summed E-state index contributed by atoms with van der Waals surface area (Å²) in [7, 11) is 0. The van der Waals surface area contributed by atoms with Gasteiger partial charge < -0.3 is 4.90 Å². The van der Waals surface area contributed by atoms with E-state index in [9.17, 15) is 0 Å². The van der Waals surface area contributed by atoms with Crippen molar-refractivity contribution in [2.75, 3.05) is 18.0 Å². The molecule has 4 nitrogen and oxygen atoms in total. The second-order valence-electron chi connectivity index (χ2n) is 5.10. The van der Waals surface area contributed by atoms with Gasteiger partial charge in [-0.3, -0.25) is 0 Å². The first kappa shape index (κ1) is 10.5. The highest BCUT2D eigenvalue weighted by Gasteiger charge is 2.34. The van der Waals surface area contributed by atoms with E-state index in [0.717, 1.165) is 30.7 Å². The van der Waals surface area contributed by atoms with Gasteiger partial charge in [0.05, 0.1) is 0 Å². The standard InChI is InChI=1S/C13H16N4/c14-7-12-5-6-13(16-15-12)17-8-10-3-1-2-4-11(10)9-17/h5-6,10-11H,1-4,8-9H2. The van der Waals surface area contributed by atoms with Crippen molar-refractivity contribution in [3.8, 4) is 6.07 Å². The van der Waals surface area contributed by atoms with Gasteiger partial charge in [0.2, 0.25) is 0 Å². The summed E-state index contributed by atoms with van der Waals surface area (Å²) >= 11 is 0. The number of rotatable bonds is 1. The monoisotopic (exact) mass is 228 g/mol. The molecule has 2 fully saturated rings. The molecule has 2 aliphatic rings. The summed E-state index contributed by atoms with van der Waals surface area (Å²) in [4.78, 5) is 2.33. The summed E-state index contributed by atoms with van der Waals surface area (Å²) in [5.41, 5.74) is 0.394. The minimum atomic E-state index is 0.394. The maximum Gasteiger partial charge on any atom is 0.163 e. The van der Waals surface area contributed by atoms with E-state index in [1.165, 1.54) is 25.7 Å². The summed E-state index contributed by atoms with van der Waals surface area (Å²) in [6, 6.07) is 5.68. The molecule has 0 amide bonds. The maximum absolute atomic E-state index is 8.70. The zero-order valence-corrected chi connectivity index (χ0v) is 9.84. The number of hydrogen-bond donors (Lipinski definition) is 0. The van der Waals surface area contributed by atoms with E-state index in [2.05, 4.69) is 15.1 Å². The molecule has 3 rings (SSSR count). The molecule has 88 valence electrons. The molecule has 2 heterocycles. The van der Waals surface area contributed by atoms with Gasteiger partial charge in [-0.2, -0.15) is 5.26 Å². The van der Waals surface area contributed by atoms with E-state index in [1.807, 2.05) is 12.1 Å². The lowest BCUT2D eigenvalue weighted by atomic mass is 9.82. The molecular weight excluding hydrogens is 212 g/mol. The Morgan fingerprint density at radius 3 is 2.35 bits per heavy atom. The first-order valence-electron chi connectivity index (χ1n) is 6.35. The zero-order chi connectivity index (χ0) is 11.7. The predicted octanol–water partition coefficient (Wildman–Crippen LogP) is 1.97. The fraction of sp³-hybridized carbons (Fsp3) is 0.615. The van der Waals surface area contributed by atoms with Crippen LogP contribution in [0.3, 0.4) is 0 Å². The Bertz CT molecular complexity index is 420. The molecule has 2 atom stereocenters. The van der Waals surface area contributed by atoms with E-state index in [4.69, 9.17) is 5.26 Å². The molecular formula is C13H16N4. The molecule has 0 radical (unpaired) electrons. The smallest absolute Gasteiger partial charge is 0.163 e. The minimum Gasteiger partial charge on any atom is -0.355 e. The molecule has 0 bridgehead atoms. The molecule has 17 heavy (non-hydrogen) atoms. The van der Waals surface area contributed by atoms with Gasteiger partial charge >= 0.3 is 0 Å². The van der Waals surface area contributed by atoms with Gasteiger partial charge in [-0.1, -0.05) is 12.8 Å². The molecule has 0 spiro atoms. The summed E-state index contributed by atoms with van der Waals surface area (Å²) in [6.45, 7) is 2.23. The summed E-state index contributed by atoms with van der Waals surface area (Å²) in [6.07, 6.45) is 5.50. The van der Waals surface area contributed by atoms with Gasteiger partial charge in [0, 0.05) is 13.1 Å². The van der Waals surface area contributed by atoms with Gasteiger partial charge in [-0.15, -0.1) is 10.2 Å². The van der Waals surface area contributed by atoms with E-state index < -0.39 is 0 Å². The average Bonchev–Trinajstić information content (AvgIpc) is 2.82. The van der Waals surface area contributed by atoms with Crippen LogP contribution in [-0.4, -0.2) is 23.3 Å². The number of anilines is 1. The van der Waals surface area contributed by atoms with Gasteiger partial charge in [-0.05, 0) is 36.8 Å². The Morgan fingerprint density at radius 2 is 1.82 bits per heavy atom. The lowest BCUT2D eigenvalue weighted by Crippen LogP contribution is -2.21. The SMILES string of the molecule is N#Cc1ccc(N2CC3CCCCC3C2)nn1. The fourth-order valence-corrected chi connectivity index (χ4v) is 3.15. The highest BCUT2D eigenvalue weighted by atomic mass is 15.3. The number of hydrogen-bond acceptors (Lipinski definition) is 4. The van der Waals surface area contributed by atoms with E-state index in [-0.39, 0.29) is 0 Å². The highest BCUT2D eigenvalue weighted by Crippen LogP contribution is 2.37. The number of aromatic nitrogens is 2. The lowest BCUT2D eigenvalue weighted by Gasteiger charge is -2.22. The molecule has 1 saturated heterocycles. The first-order chi connectivity index (χ1) is 8.36. The lowest BCUT2D eigenvalue weighted by molar-refractivity contribution is 0.299. The third kappa shape index (κ3) is 1.97. The van der Waals surface area contributed by atoms with Crippen molar-refractivity contribution in [2.24, 2.45) is 11.8 Å². The largest absolute Gasteiger partial charge is 0.355 e. The van der Waals surface area contributed by atoms with E-state index in [1.54, 1.807) is 6.07 Å². The first-order valence-corrected chi connectivity index (χ1v) is 6.35. The fourth-order valence-electron chi connectivity index (χ4n) is 3.15. The van der Waals surface area contributed by atoms with Crippen LogP contribution in [0, 0.1) is 23.2 Å². The van der Waals surface area contributed by atoms with Crippen molar-refractivity contribution in [3.05, 3.63) is 17.8 Å². The summed E-state index contributed by atoms with van der Waals surface area (Å²) in [5.74, 6) is 2.63. The van der Waals surface area contributed by atoms with Crippen molar-refractivity contribution < 1.29 is 0 Å². The van der Waals surface area contributed by atoms with E-state index in [0.29, 0.717) is 5.69 Å². The van der Waals surface area contributed by atoms with Crippen LogP contribution in [0.25, 0.3) is 0 Å². The van der Waals surface area contributed by atoms with Gasteiger partial charge in [0.1, 0.15) is 6.07 Å². The third-order valence-electron chi connectivity index (χ3n) is 4.07. The van der Waals surface area contributed by atoms with Crippen LogP contribution >= 0.6 is 0 Å². The number of nitriles is 1. The van der Waals surface area contributed by atoms with Crippen LogP contribution in [-0.2, 0) is 0 Å². The molecule has 4 heteroatoms. The molecule has 1 aromatic heterocycles.